The van der Waals surface area contributed by atoms with Gasteiger partial charge in [-0.3, -0.25) is 9.69 Å². The van der Waals surface area contributed by atoms with Gasteiger partial charge in [0.05, 0.1) is 0 Å². The van der Waals surface area contributed by atoms with Gasteiger partial charge in [-0.1, -0.05) is 0 Å². The standard InChI is InChI=1S/C13H26NO/c1-11(9-8-10-15)14(12(2,3)4)13(5,6)7/h11H,8-9H2,1-7H3. The van der Waals surface area contributed by atoms with Gasteiger partial charge in [0.15, 0.2) is 6.29 Å². The topological polar surface area (TPSA) is 20.3 Å². The fourth-order valence-corrected chi connectivity index (χ4v) is 2.73. The number of hydrogen-bond donors (Lipinski definition) is 0. The molecule has 15 heavy (non-hydrogen) atoms. The average Bonchev–Trinajstić information content (AvgIpc) is 1.94. The van der Waals surface area contributed by atoms with Crippen molar-refractivity contribution in [2.45, 2.75) is 78.4 Å². The second-order valence-corrected chi connectivity index (χ2v) is 6.24. The van der Waals surface area contributed by atoms with Gasteiger partial charge in [0.2, 0.25) is 0 Å². The van der Waals surface area contributed by atoms with E-state index in [0.29, 0.717) is 12.5 Å². The molecule has 1 radical (unpaired) electrons. The van der Waals surface area contributed by atoms with E-state index in [-0.39, 0.29) is 11.1 Å². The van der Waals surface area contributed by atoms with Gasteiger partial charge in [0, 0.05) is 23.5 Å². The monoisotopic (exact) mass is 212 g/mol. The molecule has 0 aromatic rings. The van der Waals surface area contributed by atoms with Gasteiger partial charge in [-0.25, -0.2) is 0 Å². The molecule has 0 bridgehead atoms. The predicted molar refractivity (Wildman–Crippen MR) is 65.7 cm³/mol. The van der Waals surface area contributed by atoms with E-state index < -0.39 is 0 Å². The first-order valence-corrected chi connectivity index (χ1v) is 5.75. The molecular weight excluding hydrogens is 186 g/mol. The average molecular weight is 212 g/mol. The first-order chi connectivity index (χ1) is 6.60. The zero-order valence-corrected chi connectivity index (χ0v) is 11.3. The maximum Gasteiger partial charge on any atom is 0.198 e. The molecule has 1 atom stereocenters. The van der Waals surface area contributed by atoms with Crippen LogP contribution in [-0.4, -0.2) is 28.3 Å². The van der Waals surface area contributed by atoms with Gasteiger partial charge in [-0.05, 0) is 54.9 Å². The summed E-state index contributed by atoms with van der Waals surface area (Å²) in [4.78, 5) is 12.8. The predicted octanol–water partition coefficient (Wildman–Crippen LogP) is 3.16. The Labute approximate surface area is 95.0 Å². The van der Waals surface area contributed by atoms with Crippen LogP contribution < -0.4 is 0 Å². The van der Waals surface area contributed by atoms with Crippen molar-refractivity contribution in [2.24, 2.45) is 0 Å². The number of nitrogens with zero attached hydrogens (tertiary/aromatic N) is 1. The highest BCUT2D eigenvalue weighted by molar-refractivity contribution is 5.50. The number of hydrogen-bond acceptors (Lipinski definition) is 2. The van der Waals surface area contributed by atoms with Crippen molar-refractivity contribution >= 4 is 6.29 Å². The first kappa shape index (κ1) is 14.6. The summed E-state index contributed by atoms with van der Waals surface area (Å²) in [5, 5.41) is 0. The van der Waals surface area contributed by atoms with Crippen LogP contribution in [0.4, 0.5) is 0 Å². The second kappa shape index (κ2) is 5.11. The quantitative estimate of drug-likeness (QED) is 0.713. The molecule has 0 heterocycles. The van der Waals surface area contributed by atoms with Crippen molar-refractivity contribution in [3.63, 3.8) is 0 Å². The number of carbonyl (C=O) groups excluding carboxylic acids is 1. The molecule has 2 heteroatoms. The van der Waals surface area contributed by atoms with E-state index in [1.807, 2.05) is 6.29 Å². The summed E-state index contributed by atoms with van der Waals surface area (Å²) in [7, 11) is 0. The fraction of sp³-hybridized carbons (Fsp3) is 0.923. The van der Waals surface area contributed by atoms with Gasteiger partial charge < -0.3 is 0 Å². The van der Waals surface area contributed by atoms with Crippen molar-refractivity contribution in [3.05, 3.63) is 0 Å². The van der Waals surface area contributed by atoms with Gasteiger partial charge in [-0.15, -0.1) is 0 Å². The van der Waals surface area contributed by atoms with E-state index in [1.54, 1.807) is 0 Å². The van der Waals surface area contributed by atoms with Gasteiger partial charge >= 0.3 is 0 Å². The Bertz CT molecular complexity index is 184. The molecule has 0 rings (SSSR count). The Balaban J connectivity index is 4.72. The lowest BCUT2D eigenvalue weighted by molar-refractivity contribution is -0.00107. The number of rotatable bonds is 4. The Morgan fingerprint density at radius 3 is 1.73 bits per heavy atom. The van der Waals surface area contributed by atoms with E-state index in [4.69, 9.17) is 0 Å². The van der Waals surface area contributed by atoms with E-state index >= 15 is 0 Å². The van der Waals surface area contributed by atoms with E-state index in [2.05, 4.69) is 53.4 Å². The first-order valence-electron chi connectivity index (χ1n) is 5.75. The van der Waals surface area contributed by atoms with E-state index in [0.717, 1.165) is 6.42 Å². The molecule has 2 nitrogen and oxygen atoms in total. The Morgan fingerprint density at radius 2 is 1.47 bits per heavy atom. The Morgan fingerprint density at radius 1 is 1.07 bits per heavy atom. The van der Waals surface area contributed by atoms with Crippen molar-refractivity contribution in [1.82, 2.24) is 4.90 Å². The van der Waals surface area contributed by atoms with E-state index in [1.165, 1.54) is 0 Å². The molecule has 0 aromatic heterocycles. The molecule has 0 fully saturated rings. The molecular formula is C13H26NO. The van der Waals surface area contributed by atoms with Crippen LogP contribution in [0.1, 0.15) is 61.3 Å². The van der Waals surface area contributed by atoms with Crippen LogP contribution in [-0.2, 0) is 4.79 Å². The largest absolute Gasteiger partial charge is 0.291 e. The summed E-state index contributed by atoms with van der Waals surface area (Å²) < 4.78 is 0. The second-order valence-electron chi connectivity index (χ2n) is 6.24. The van der Waals surface area contributed by atoms with E-state index in [9.17, 15) is 4.79 Å². The van der Waals surface area contributed by atoms with Gasteiger partial charge in [0.1, 0.15) is 0 Å². The fourth-order valence-electron chi connectivity index (χ4n) is 2.73. The highest BCUT2D eigenvalue weighted by atomic mass is 16.1. The molecule has 0 aromatic carbocycles. The van der Waals surface area contributed by atoms with Crippen LogP contribution in [0.5, 0.6) is 0 Å². The lowest BCUT2D eigenvalue weighted by atomic mass is 9.92. The minimum Gasteiger partial charge on any atom is -0.291 e. The van der Waals surface area contributed by atoms with Crippen LogP contribution in [0.15, 0.2) is 0 Å². The lowest BCUT2D eigenvalue weighted by Gasteiger charge is -2.49. The van der Waals surface area contributed by atoms with Crippen LogP contribution in [0.2, 0.25) is 0 Å². The Kier molecular flexibility index (Phi) is 4.98. The molecule has 0 N–H and O–H groups in total. The van der Waals surface area contributed by atoms with Crippen LogP contribution in [0.3, 0.4) is 0 Å². The third-order valence-corrected chi connectivity index (χ3v) is 2.55. The van der Waals surface area contributed by atoms with Crippen molar-refractivity contribution in [3.8, 4) is 0 Å². The highest BCUT2D eigenvalue weighted by Crippen LogP contribution is 2.28. The summed E-state index contributed by atoms with van der Waals surface area (Å²) in [5.74, 6) is 0. The third-order valence-electron chi connectivity index (χ3n) is 2.55. The van der Waals surface area contributed by atoms with Crippen molar-refractivity contribution < 1.29 is 4.79 Å². The minimum absolute atomic E-state index is 0.126. The zero-order valence-electron chi connectivity index (χ0n) is 11.3. The molecule has 0 saturated heterocycles. The van der Waals surface area contributed by atoms with Gasteiger partial charge in [-0.2, -0.15) is 0 Å². The summed E-state index contributed by atoms with van der Waals surface area (Å²) in [5.41, 5.74) is 0.251. The van der Waals surface area contributed by atoms with Crippen LogP contribution in [0.25, 0.3) is 0 Å². The molecule has 0 saturated carbocycles. The summed E-state index contributed by atoms with van der Waals surface area (Å²) >= 11 is 0. The maximum atomic E-state index is 10.3. The summed E-state index contributed by atoms with van der Waals surface area (Å²) in [6.45, 7) is 15.5. The summed E-state index contributed by atoms with van der Waals surface area (Å²) in [6, 6.07) is 0.409. The summed E-state index contributed by atoms with van der Waals surface area (Å²) in [6.07, 6.45) is 3.40. The molecule has 0 aliphatic heterocycles. The Hall–Kier alpha value is -0.370. The normalized spacial score (nSPS) is 15.5. The third kappa shape index (κ3) is 4.78. The molecule has 0 amide bonds. The van der Waals surface area contributed by atoms with Crippen molar-refractivity contribution in [2.75, 3.05) is 0 Å². The smallest absolute Gasteiger partial charge is 0.198 e. The van der Waals surface area contributed by atoms with Crippen LogP contribution in [0, 0.1) is 0 Å². The highest BCUT2D eigenvalue weighted by Gasteiger charge is 2.34. The molecule has 1 unspecified atom stereocenters. The van der Waals surface area contributed by atoms with Crippen molar-refractivity contribution in [1.29, 1.82) is 0 Å². The zero-order chi connectivity index (χ0) is 12.3. The molecule has 0 spiro atoms. The molecule has 0 aliphatic rings. The van der Waals surface area contributed by atoms with Crippen LogP contribution >= 0.6 is 0 Å². The molecule has 0 aliphatic carbocycles. The minimum atomic E-state index is 0.126. The lowest BCUT2D eigenvalue weighted by Crippen LogP contribution is -2.56. The maximum absolute atomic E-state index is 10.3. The SMILES string of the molecule is CC(CC[C]=O)N(C(C)(C)C)C(C)(C)C. The van der Waals surface area contributed by atoms with Gasteiger partial charge in [0.25, 0.3) is 0 Å². The molecule has 89 valence electrons.